The lowest BCUT2D eigenvalue weighted by Crippen LogP contribution is -2.20. The van der Waals surface area contributed by atoms with Gasteiger partial charge in [-0.1, -0.05) is 24.3 Å². The van der Waals surface area contributed by atoms with Crippen molar-refractivity contribution in [3.8, 4) is 11.5 Å². The number of aryl methyl sites for hydroxylation is 1. The number of alkyl halides is 1. The molecule has 0 saturated carbocycles. The molecule has 0 aliphatic carbocycles. The molecule has 2 rings (SSSR count). The van der Waals surface area contributed by atoms with E-state index >= 15 is 0 Å². The van der Waals surface area contributed by atoms with Crippen LogP contribution >= 0.6 is 11.6 Å². The second-order valence-corrected chi connectivity index (χ2v) is 4.91. The van der Waals surface area contributed by atoms with Crippen LogP contribution in [0, 0.1) is 6.92 Å². The van der Waals surface area contributed by atoms with Crippen LogP contribution < -0.4 is 10.1 Å². The Balaban J connectivity index is 2.11. The highest BCUT2D eigenvalue weighted by molar-refractivity contribution is 6.18. The molecule has 0 aliphatic rings. The van der Waals surface area contributed by atoms with Crippen LogP contribution in [0.5, 0.6) is 11.5 Å². The first-order chi connectivity index (χ1) is 9.69. The van der Waals surface area contributed by atoms with Gasteiger partial charge in [0.15, 0.2) is 5.75 Å². The first-order valence-electron chi connectivity index (χ1n) is 6.50. The Labute approximate surface area is 124 Å². The number of para-hydroxylation sites is 2. The summed E-state index contributed by atoms with van der Waals surface area (Å²) in [6, 6.07) is 15.5. The Kier molecular flexibility index (Phi) is 5.27. The topological polar surface area (TPSA) is 41.5 Å². The Hall–Kier alpha value is -1.71. The SMILES string of the molecule is Cc1cccc(Oc2ccccc2NCC(O)CCl)c1. The number of halogens is 1. The molecule has 0 bridgehead atoms. The maximum absolute atomic E-state index is 9.50. The van der Waals surface area contributed by atoms with Gasteiger partial charge in [0.05, 0.1) is 17.7 Å². The smallest absolute Gasteiger partial charge is 0.150 e. The van der Waals surface area contributed by atoms with E-state index in [4.69, 9.17) is 16.3 Å². The molecule has 0 fully saturated rings. The predicted octanol–water partition coefficient (Wildman–Crippen LogP) is 3.80. The van der Waals surface area contributed by atoms with Crippen LogP contribution in [-0.4, -0.2) is 23.6 Å². The van der Waals surface area contributed by atoms with Crippen LogP contribution in [0.4, 0.5) is 5.69 Å². The van der Waals surface area contributed by atoms with Gasteiger partial charge in [-0.15, -0.1) is 11.6 Å². The van der Waals surface area contributed by atoms with Crippen LogP contribution in [-0.2, 0) is 0 Å². The van der Waals surface area contributed by atoms with Crippen molar-refractivity contribution in [1.29, 1.82) is 0 Å². The predicted molar refractivity (Wildman–Crippen MR) is 82.9 cm³/mol. The molecule has 2 N–H and O–H groups in total. The van der Waals surface area contributed by atoms with E-state index in [2.05, 4.69) is 5.32 Å². The van der Waals surface area contributed by atoms with E-state index in [1.165, 1.54) is 0 Å². The molecule has 0 heterocycles. The van der Waals surface area contributed by atoms with Gasteiger partial charge in [-0.05, 0) is 36.8 Å². The van der Waals surface area contributed by atoms with Crippen molar-refractivity contribution in [1.82, 2.24) is 0 Å². The molecule has 1 atom stereocenters. The Morgan fingerprint density at radius 1 is 1.20 bits per heavy atom. The van der Waals surface area contributed by atoms with Crippen molar-refractivity contribution in [2.45, 2.75) is 13.0 Å². The first kappa shape index (κ1) is 14.7. The monoisotopic (exact) mass is 291 g/mol. The minimum absolute atomic E-state index is 0.202. The zero-order valence-corrected chi connectivity index (χ0v) is 12.1. The van der Waals surface area contributed by atoms with E-state index in [1.54, 1.807) is 0 Å². The van der Waals surface area contributed by atoms with Gasteiger partial charge in [-0.2, -0.15) is 0 Å². The second kappa shape index (κ2) is 7.17. The average Bonchev–Trinajstić information content (AvgIpc) is 2.46. The average molecular weight is 292 g/mol. The summed E-state index contributed by atoms with van der Waals surface area (Å²) in [7, 11) is 0. The molecule has 3 nitrogen and oxygen atoms in total. The quantitative estimate of drug-likeness (QED) is 0.796. The number of benzene rings is 2. The van der Waals surface area contributed by atoms with Crippen molar-refractivity contribution in [2.75, 3.05) is 17.7 Å². The summed E-state index contributed by atoms with van der Waals surface area (Å²) in [6.07, 6.45) is -0.580. The lowest BCUT2D eigenvalue weighted by Gasteiger charge is -2.14. The minimum Gasteiger partial charge on any atom is -0.455 e. The summed E-state index contributed by atoms with van der Waals surface area (Å²) in [5, 5.41) is 12.6. The molecule has 0 aromatic heterocycles. The molecule has 0 saturated heterocycles. The van der Waals surface area contributed by atoms with Crippen molar-refractivity contribution in [2.24, 2.45) is 0 Å². The van der Waals surface area contributed by atoms with E-state index in [0.717, 1.165) is 22.7 Å². The van der Waals surface area contributed by atoms with E-state index < -0.39 is 6.10 Å². The zero-order chi connectivity index (χ0) is 14.4. The van der Waals surface area contributed by atoms with Gasteiger partial charge in [0, 0.05) is 6.54 Å². The van der Waals surface area contributed by atoms with Crippen molar-refractivity contribution < 1.29 is 9.84 Å². The Bertz CT molecular complexity index is 560. The zero-order valence-electron chi connectivity index (χ0n) is 11.3. The fourth-order valence-electron chi connectivity index (χ4n) is 1.79. The molecule has 0 amide bonds. The summed E-state index contributed by atoms with van der Waals surface area (Å²) in [6.45, 7) is 2.41. The largest absolute Gasteiger partial charge is 0.455 e. The number of aliphatic hydroxyl groups is 1. The normalized spacial score (nSPS) is 11.9. The van der Waals surface area contributed by atoms with Gasteiger partial charge < -0.3 is 15.2 Å². The van der Waals surface area contributed by atoms with Gasteiger partial charge in [0.1, 0.15) is 5.75 Å². The maximum atomic E-state index is 9.50. The molecule has 2 aromatic rings. The number of nitrogens with one attached hydrogen (secondary N) is 1. The summed E-state index contributed by atoms with van der Waals surface area (Å²) in [5.74, 6) is 1.71. The van der Waals surface area contributed by atoms with Crippen LogP contribution in [0.1, 0.15) is 5.56 Å². The minimum atomic E-state index is -0.580. The van der Waals surface area contributed by atoms with Crippen LogP contribution in [0.15, 0.2) is 48.5 Å². The van der Waals surface area contributed by atoms with Gasteiger partial charge in [-0.25, -0.2) is 0 Å². The van der Waals surface area contributed by atoms with E-state index in [-0.39, 0.29) is 5.88 Å². The molecule has 4 heteroatoms. The van der Waals surface area contributed by atoms with Gasteiger partial charge in [0.2, 0.25) is 0 Å². The third-order valence-electron chi connectivity index (χ3n) is 2.81. The molecule has 0 aliphatic heterocycles. The number of hydrogen-bond acceptors (Lipinski definition) is 3. The highest BCUT2D eigenvalue weighted by Crippen LogP contribution is 2.29. The number of aliphatic hydroxyl groups excluding tert-OH is 1. The number of ether oxygens (including phenoxy) is 1. The third kappa shape index (κ3) is 4.15. The second-order valence-electron chi connectivity index (χ2n) is 4.60. The molecule has 106 valence electrons. The van der Waals surface area contributed by atoms with E-state index in [0.29, 0.717) is 6.54 Å². The highest BCUT2D eigenvalue weighted by Gasteiger charge is 2.07. The molecular weight excluding hydrogens is 274 g/mol. The van der Waals surface area contributed by atoms with Gasteiger partial charge >= 0.3 is 0 Å². The summed E-state index contributed by atoms with van der Waals surface area (Å²) in [5.41, 5.74) is 1.98. The maximum Gasteiger partial charge on any atom is 0.150 e. The molecule has 20 heavy (non-hydrogen) atoms. The molecular formula is C16H18ClNO2. The molecule has 2 aromatic carbocycles. The highest BCUT2D eigenvalue weighted by atomic mass is 35.5. The summed E-state index contributed by atoms with van der Waals surface area (Å²) >= 11 is 5.58. The standard InChI is InChI=1S/C16H18ClNO2/c1-12-5-4-6-14(9-12)20-16-8-3-2-7-15(16)18-11-13(19)10-17/h2-9,13,18-19H,10-11H2,1H3. The summed E-state index contributed by atoms with van der Waals surface area (Å²) in [4.78, 5) is 0. The summed E-state index contributed by atoms with van der Waals surface area (Å²) < 4.78 is 5.88. The van der Waals surface area contributed by atoms with Crippen molar-refractivity contribution in [3.63, 3.8) is 0 Å². The Morgan fingerprint density at radius 3 is 2.75 bits per heavy atom. The van der Waals surface area contributed by atoms with Gasteiger partial charge in [-0.3, -0.25) is 0 Å². The van der Waals surface area contributed by atoms with Crippen molar-refractivity contribution >= 4 is 17.3 Å². The van der Waals surface area contributed by atoms with E-state index in [9.17, 15) is 5.11 Å². The van der Waals surface area contributed by atoms with Gasteiger partial charge in [0.25, 0.3) is 0 Å². The fraction of sp³-hybridized carbons (Fsp3) is 0.250. The lowest BCUT2D eigenvalue weighted by molar-refractivity contribution is 0.211. The van der Waals surface area contributed by atoms with Crippen molar-refractivity contribution in [3.05, 3.63) is 54.1 Å². The molecule has 0 spiro atoms. The molecule has 0 radical (unpaired) electrons. The fourth-order valence-corrected chi connectivity index (χ4v) is 1.90. The van der Waals surface area contributed by atoms with E-state index in [1.807, 2.05) is 55.5 Å². The Morgan fingerprint density at radius 2 is 2.00 bits per heavy atom. The number of anilines is 1. The number of hydrogen-bond donors (Lipinski definition) is 2. The first-order valence-corrected chi connectivity index (χ1v) is 7.04. The number of rotatable bonds is 6. The molecule has 1 unspecified atom stereocenters. The van der Waals surface area contributed by atoms with Crippen LogP contribution in [0.2, 0.25) is 0 Å². The lowest BCUT2D eigenvalue weighted by atomic mass is 10.2. The van der Waals surface area contributed by atoms with Crippen LogP contribution in [0.25, 0.3) is 0 Å². The van der Waals surface area contributed by atoms with Crippen LogP contribution in [0.3, 0.4) is 0 Å². The third-order valence-corrected chi connectivity index (χ3v) is 3.17.